The van der Waals surface area contributed by atoms with E-state index in [0.717, 1.165) is 18.1 Å². The Morgan fingerprint density at radius 3 is 1.39 bits per heavy atom. The maximum absolute atomic E-state index is 11.3. The smallest absolute Gasteiger partial charge is 0.0890 e. The van der Waals surface area contributed by atoms with E-state index in [0.29, 0.717) is 23.0 Å². The van der Waals surface area contributed by atoms with Gasteiger partial charge in [0.1, 0.15) is 0 Å². The van der Waals surface area contributed by atoms with Gasteiger partial charge in [0, 0.05) is 0 Å². The molecule has 0 saturated carbocycles. The second-order valence-corrected chi connectivity index (χ2v) is 11.2. The van der Waals surface area contributed by atoms with E-state index in [2.05, 4.69) is 48.1 Å². The van der Waals surface area contributed by atoms with Crippen molar-refractivity contribution in [3.63, 3.8) is 0 Å². The lowest BCUT2D eigenvalue weighted by atomic mass is 10.2. The van der Waals surface area contributed by atoms with Gasteiger partial charge in [-0.1, -0.05) is 66.3 Å². The number of carboxylic acids is 1. The van der Waals surface area contributed by atoms with Crippen molar-refractivity contribution in [2.24, 2.45) is 17.8 Å². The number of hydrogen-bond donors (Lipinski definition) is 0. The Labute approximate surface area is 113 Å². The maximum Gasteiger partial charge on any atom is 0.0890 e. The van der Waals surface area contributed by atoms with Crippen molar-refractivity contribution in [2.45, 2.75) is 59.7 Å². The third-order valence-corrected chi connectivity index (χ3v) is 9.56. The highest BCUT2D eigenvalue weighted by Gasteiger charge is 2.38. The molecule has 0 atom stereocenters. The minimum Gasteiger partial charge on any atom is -0.546 e. The standard InChI is InChI=1S/C15H30O2Si/c1-11(2)8-18(9-12(3)4,10-13(5)6)14(7)15(16)17/h11-13H,7-10H2,1-6H3,(H,16,17)/p-1. The molecule has 0 aromatic heterocycles. The summed E-state index contributed by atoms with van der Waals surface area (Å²) in [4.78, 5) is 11.3. The maximum atomic E-state index is 11.3. The summed E-state index contributed by atoms with van der Waals surface area (Å²) < 4.78 is 0. The van der Waals surface area contributed by atoms with Gasteiger partial charge in [0.15, 0.2) is 0 Å². The summed E-state index contributed by atoms with van der Waals surface area (Å²) in [7, 11) is -2.01. The van der Waals surface area contributed by atoms with Crippen LogP contribution < -0.4 is 5.11 Å². The number of rotatable bonds is 8. The molecule has 0 aliphatic rings. The fourth-order valence-corrected chi connectivity index (χ4v) is 9.54. The lowest BCUT2D eigenvalue weighted by Crippen LogP contribution is -2.47. The highest BCUT2D eigenvalue weighted by molar-refractivity contribution is 6.90. The normalized spacial score (nSPS) is 12.5. The van der Waals surface area contributed by atoms with Crippen LogP contribution in [0.2, 0.25) is 18.1 Å². The quantitative estimate of drug-likeness (QED) is 0.501. The van der Waals surface area contributed by atoms with Crippen molar-refractivity contribution in [3.05, 3.63) is 11.8 Å². The van der Waals surface area contributed by atoms with E-state index in [1.165, 1.54) is 0 Å². The minimum atomic E-state index is -2.01. The van der Waals surface area contributed by atoms with Crippen LogP contribution in [-0.4, -0.2) is 14.0 Å². The van der Waals surface area contributed by atoms with E-state index in [-0.39, 0.29) is 0 Å². The molecular weight excluding hydrogens is 240 g/mol. The summed E-state index contributed by atoms with van der Waals surface area (Å²) in [5.41, 5.74) is 0. The molecule has 0 spiro atoms. The first-order valence-corrected chi connectivity index (χ1v) is 9.63. The zero-order chi connectivity index (χ0) is 14.5. The Hall–Kier alpha value is -0.573. The molecule has 0 unspecified atom stereocenters. The summed E-state index contributed by atoms with van der Waals surface area (Å²) in [5.74, 6) is 0.532. The Kier molecular flexibility index (Phi) is 6.90. The molecule has 106 valence electrons. The monoisotopic (exact) mass is 269 g/mol. The van der Waals surface area contributed by atoms with Gasteiger partial charge < -0.3 is 9.90 Å². The molecule has 3 heteroatoms. The molecule has 0 bridgehead atoms. The third kappa shape index (κ3) is 5.38. The first-order valence-electron chi connectivity index (χ1n) is 7.01. The fraction of sp³-hybridized carbons (Fsp3) is 0.800. The zero-order valence-corrected chi connectivity index (χ0v) is 13.9. The highest BCUT2D eigenvalue weighted by atomic mass is 28.3. The number of carbonyl (C=O) groups excluding carboxylic acids is 1. The van der Waals surface area contributed by atoms with E-state index in [4.69, 9.17) is 0 Å². The number of hydrogen-bond acceptors (Lipinski definition) is 2. The molecule has 0 N–H and O–H groups in total. The summed E-state index contributed by atoms with van der Waals surface area (Å²) in [6.45, 7) is 16.9. The lowest BCUT2D eigenvalue weighted by Gasteiger charge is -2.38. The molecule has 2 nitrogen and oxygen atoms in total. The van der Waals surface area contributed by atoms with Crippen LogP contribution in [0.1, 0.15) is 41.5 Å². The number of carboxylic acid groups (broad SMARTS) is 1. The van der Waals surface area contributed by atoms with Crippen molar-refractivity contribution < 1.29 is 9.90 Å². The second kappa shape index (κ2) is 7.12. The van der Waals surface area contributed by atoms with Crippen LogP contribution in [0, 0.1) is 17.8 Å². The Morgan fingerprint density at radius 2 is 1.22 bits per heavy atom. The summed E-state index contributed by atoms with van der Waals surface area (Å²) >= 11 is 0. The number of carbonyl (C=O) groups is 1. The van der Waals surface area contributed by atoms with Crippen LogP contribution in [0.15, 0.2) is 11.8 Å². The van der Waals surface area contributed by atoms with Crippen molar-refractivity contribution in [1.82, 2.24) is 0 Å². The average molecular weight is 269 g/mol. The molecule has 0 saturated heterocycles. The molecule has 0 radical (unpaired) electrons. The van der Waals surface area contributed by atoms with Gasteiger partial charge >= 0.3 is 0 Å². The van der Waals surface area contributed by atoms with Crippen LogP contribution in [0.25, 0.3) is 0 Å². The largest absolute Gasteiger partial charge is 0.546 e. The van der Waals surface area contributed by atoms with E-state index in [9.17, 15) is 9.90 Å². The molecule has 0 aromatic rings. The second-order valence-electron chi connectivity index (χ2n) is 6.84. The van der Waals surface area contributed by atoms with Crippen LogP contribution in [0.5, 0.6) is 0 Å². The molecule has 0 fully saturated rings. The third-order valence-electron chi connectivity index (χ3n) is 3.28. The predicted molar refractivity (Wildman–Crippen MR) is 78.8 cm³/mol. The van der Waals surface area contributed by atoms with Crippen molar-refractivity contribution in [2.75, 3.05) is 0 Å². The Balaban J connectivity index is 5.37. The molecule has 0 aromatic carbocycles. The van der Waals surface area contributed by atoms with Crippen LogP contribution in [0.4, 0.5) is 0 Å². The van der Waals surface area contributed by atoms with Crippen LogP contribution >= 0.6 is 0 Å². The van der Waals surface area contributed by atoms with E-state index >= 15 is 0 Å². The average Bonchev–Trinajstić information content (AvgIpc) is 2.12. The van der Waals surface area contributed by atoms with Gasteiger partial charge in [0.2, 0.25) is 0 Å². The van der Waals surface area contributed by atoms with Crippen LogP contribution in [-0.2, 0) is 4.79 Å². The molecule has 0 amide bonds. The Bertz CT molecular complexity index is 266. The van der Waals surface area contributed by atoms with Gasteiger partial charge in [-0.05, 0) is 23.0 Å². The van der Waals surface area contributed by atoms with E-state index in [1.54, 1.807) is 0 Å². The SMILES string of the molecule is C=C(C(=O)[O-])[Si](CC(C)C)(CC(C)C)CC(C)C. The minimum absolute atomic E-state index is 0.429. The summed E-state index contributed by atoms with van der Waals surface area (Å²) in [6.07, 6.45) is 0. The van der Waals surface area contributed by atoms with Gasteiger partial charge in [-0.2, -0.15) is 0 Å². The van der Waals surface area contributed by atoms with E-state index < -0.39 is 14.0 Å². The first-order chi connectivity index (χ1) is 8.10. The molecule has 0 aliphatic heterocycles. The van der Waals surface area contributed by atoms with Gasteiger partial charge in [-0.3, -0.25) is 0 Å². The van der Waals surface area contributed by atoms with Gasteiger partial charge in [-0.25, -0.2) is 0 Å². The van der Waals surface area contributed by atoms with Crippen molar-refractivity contribution in [3.8, 4) is 0 Å². The fourth-order valence-electron chi connectivity index (χ4n) is 3.18. The molecule has 0 rings (SSSR count). The van der Waals surface area contributed by atoms with Gasteiger partial charge in [0.25, 0.3) is 0 Å². The zero-order valence-electron chi connectivity index (χ0n) is 12.9. The lowest BCUT2D eigenvalue weighted by molar-refractivity contribution is -0.298. The molecule has 0 heterocycles. The number of aliphatic carboxylic acids is 1. The molecule has 0 aliphatic carbocycles. The Morgan fingerprint density at radius 1 is 0.944 bits per heavy atom. The van der Waals surface area contributed by atoms with Crippen molar-refractivity contribution >= 4 is 14.0 Å². The van der Waals surface area contributed by atoms with Gasteiger partial charge in [-0.15, -0.1) is 0 Å². The van der Waals surface area contributed by atoms with Crippen molar-refractivity contribution in [1.29, 1.82) is 0 Å². The molecular formula is C15H29O2Si-. The highest BCUT2D eigenvalue weighted by Crippen LogP contribution is 2.36. The van der Waals surface area contributed by atoms with Crippen LogP contribution in [0.3, 0.4) is 0 Å². The topological polar surface area (TPSA) is 40.1 Å². The first kappa shape index (κ1) is 17.4. The summed E-state index contributed by atoms with van der Waals surface area (Å²) in [6, 6.07) is 3.03. The molecule has 18 heavy (non-hydrogen) atoms. The van der Waals surface area contributed by atoms with Gasteiger partial charge in [0.05, 0.1) is 14.0 Å². The predicted octanol–water partition coefficient (Wildman–Crippen LogP) is 3.25. The van der Waals surface area contributed by atoms with E-state index in [1.807, 2.05) is 0 Å². The summed E-state index contributed by atoms with van der Waals surface area (Å²) in [5, 5.41) is 11.7.